The van der Waals surface area contributed by atoms with E-state index in [1.165, 1.54) is 0 Å². The second-order valence-corrected chi connectivity index (χ2v) is 5.02. The van der Waals surface area contributed by atoms with E-state index in [2.05, 4.69) is 10.6 Å². The van der Waals surface area contributed by atoms with Crippen LogP contribution in [0.25, 0.3) is 0 Å². The van der Waals surface area contributed by atoms with Crippen LogP contribution < -0.4 is 16.4 Å². The molecule has 0 atom stereocenters. The van der Waals surface area contributed by atoms with E-state index in [-0.39, 0.29) is 18.4 Å². The highest BCUT2D eigenvalue weighted by Crippen LogP contribution is 2.19. The molecule has 0 aromatic heterocycles. The summed E-state index contributed by atoms with van der Waals surface area (Å²) in [7, 11) is 0. The predicted octanol–water partition coefficient (Wildman–Crippen LogP) is 1.96. The topological polar surface area (TPSA) is 84.2 Å². The molecule has 0 radical (unpaired) electrons. The standard InChI is InChI=1S/C14H21N3O2/c1-4-12(18)16-10-6-5-7-11(8-10)17-13(19)14(2,3)9-15/h5-8H,4,9,15H2,1-3H3,(H,16,18)(H,17,19). The number of anilines is 2. The summed E-state index contributed by atoms with van der Waals surface area (Å²) in [6.07, 6.45) is 0.413. The zero-order chi connectivity index (χ0) is 14.5. The molecule has 0 heterocycles. The van der Waals surface area contributed by atoms with Crippen LogP contribution in [-0.4, -0.2) is 18.4 Å². The molecule has 4 N–H and O–H groups in total. The average molecular weight is 263 g/mol. The summed E-state index contributed by atoms with van der Waals surface area (Å²) in [4.78, 5) is 23.3. The van der Waals surface area contributed by atoms with Crippen molar-refractivity contribution in [2.24, 2.45) is 11.1 Å². The van der Waals surface area contributed by atoms with Crippen molar-refractivity contribution in [2.45, 2.75) is 27.2 Å². The van der Waals surface area contributed by atoms with Crippen molar-refractivity contribution in [1.82, 2.24) is 0 Å². The molecule has 0 spiro atoms. The number of amides is 2. The van der Waals surface area contributed by atoms with Crippen molar-refractivity contribution >= 4 is 23.2 Å². The Labute approximate surface area is 113 Å². The van der Waals surface area contributed by atoms with Gasteiger partial charge in [-0.1, -0.05) is 13.0 Å². The second kappa shape index (κ2) is 6.33. The molecule has 0 aliphatic heterocycles. The fourth-order valence-electron chi connectivity index (χ4n) is 1.32. The van der Waals surface area contributed by atoms with Crippen LogP contribution in [-0.2, 0) is 9.59 Å². The van der Waals surface area contributed by atoms with Crippen LogP contribution in [0.2, 0.25) is 0 Å². The number of benzene rings is 1. The van der Waals surface area contributed by atoms with Crippen LogP contribution in [0.3, 0.4) is 0 Å². The van der Waals surface area contributed by atoms with E-state index in [0.29, 0.717) is 17.8 Å². The van der Waals surface area contributed by atoms with Gasteiger partial charge in [0.1, 0.15) is 0 Å². The lowest BCUT2D eigenvalue weighted by molar-refractivity contribution is -0.123. The normalized spacial score (nSPS) is 10.9. The largest absolute Gasteiger partial charge is 0.329 e. The van der Waals surface area contributed by atoms with Crippen LogP contribution in [0.5, 0.6) is 0 Å². The molecule has 0 unspecified atom stereocenters. The van der Waals surface area contributed by atoms with Crippen molar-refractivity contribution in [3.8, 4) is 0 Å². The molecular weight excluding hydrogens is 242 g/mol. The maximum absolute atomic E-state index is 12.0. The predicted molar refractivity (Wildman–Crippen MR) is 76.8 cm³/mol. The van der Waals surface area contributed by atoms with E-state index in [0.717, 1.165) is 0 Å². The Balaban J connectivity index is 2.77. The summed E-state index contributed by atoms with van der Waals surface area (Å²) in [5, 5.41) is 5.54. The minimum atomic E-state index is -0.622. The number of carbonyl (C=O) groups is 2. The van der Waals surface area contributed by atoms with E-state index in [9.17, 15) is 9.59 Å². The summed E-state index contributed by atoms with van der Waals surface area (Å²) >= 11 is 0. The maximum Gasteiger partial charge on any atom is 0.231 e. The molecular formula is C14H21N3O2. The van der Waals surface area contributed by atoms with Crippen LogP contribution in [0.15, 0.2) is 24.3 Å². The molecule has 19 heavy (non-hydrogen) atoms. The zero-order valence-corrected chi connectivity index (χ0v) is 11.6. The number of nitrogens with one attached hydrogen (secondary N) is 2. The van der Waals surface area contributed by atoms with E-state index >= 15 is 0 Å². The Kier molecular flexibility index (Phi) is 5.06. The molecule has 1 rings (SSSR count). The molecule has 104 valence electrons. The van der Waals surface area contributed by atoms with Gasteiger partial charge in [0.25, 0.3) is 0 Å². The Hall–Kier alpha value is -1.88. The summed E-state index contributed by atoms with van der Waals surface area (Å²) < 4.78 is 0. The molecule has 0 saturated heterocycles. The fraction of sp³-hybridized carbons (Fsp3) is 0.429. The smallest absolute Gasteiger partial charge is 0.231 e. The van der Waals surface area contributed by atoms with Crippen LogP contribution in [0.4, 0.5) is 11.4 Å². The van der Waals surface area contributed by atoms with Gasteiger partial charge in [0, 0.05) is 24.3 Å². The quantitative estimate of drug-likeness (QED) is 0.759. The Morgan fingerprint density at radius 3 is 2.32 bits per heavy atom. The van der Waals surface area contributed by atoms with Crippen molar-refractivity contribution in [2.75, 3.05) is 17.2 Å². The first-order valence-corrected chi connectivity index (χ1v) is 6.30. The highest BCUT2D eigenvalue weighted by molar-refractivity contribution is 5.96. The number of hydrogen-bond donors (Lipinski definition) is 3. The van der Waals surface area contributed by atoms with Gasteiger partial charge >= 0.3 is 0 Å². The first-order chi connectivity index (χ1) is 8.89. The molecule has 1 aromatic carbocycles. The molecule has 5 nitrogen and oxygen atoms in total. The number of carbonyl (C=O) groups excluding carboxylic acids is 2. The van der Waals surface area contributed by atoms with Crippen LogP contribution in [0.1, 0.15) is 27.2 Å². The van der Waals surface area contributed by atoms with Gasteiger partial charge in [-0.2, -0.15) is 0 Å². The van der Waals surface area contributed by atoms with Crippen molar-refractivity contribution in [3.63, 3.8) is 0 Å². The first kappa shape index (κ1) is 15.2. The Morgan fingerprint density at radius 1 is 1.21 bits per heavy atom. The third-order valence-electron chi connectivity index (χ3n) is 2.85. The van der Waals surface area contributed by atoms with Gasteiger partial charge in [0.05, 0.1) is 5.41 Å². The molecule has 5 heteroatoms. The maximum atomic E-state index is 12.0. The lowest BCUT2D eigenvalue weighted by Gasteiger charge is -2.21. The lowest BCUT2D eigenvalue weighted by atomic mass is 9.92. The van der Waals surface area contributed by atoms with Crippen LogP contribution >= 0.6 is 0 Å². The van der Waals surface area contributed by atoms with Gasteiger partial charge in [0.2, 0.25) is 11.8 Å². The molecule has 0 aliphatic carbocycles. The SMILES string of the molecule is CCC(=O)Nc1cccc(NC(=O)C(C)(C)CN)c1. The molecule has 0 saturated carbocycles. The van der Waals surface area contributed by atoms with Crippen LogP contribution in [0, 0.1) is 5.41 Å². The number of rotatable bonds is 5. The second-order valence-electron chi connectivity index (χ2n) is 5.02. The van der Waals surface area contributed by atoms with E-state index in [1.54, 1.807) is 45.0 Å². The fourth-order valence-corrected chi connectivity index (χ4v) is 1.32. The van der Waals surface area contributed by atoms with Gasteiger partial charge in [-0.15, -0.1) is 0 Å². The molecule has 0 bridgehead atoms. The molecule has 0 fully saturated rings. The van der Waals surface area contributed by atoms with E-state index in [4.69, 9.17) is 5.73 Å². The molecule has 0 aliphatic rings. The highest BCUT2D eigenvalue weighted by atomic mass is 16.2. The van der Waals surface area contributed by atoms with Gasteiger partial charge in [-0.25, -0.2) is 0 Å². The first-order valence-electron chi connectivity index (χ1n) is 6.30. The van der Waals surface area contributed by atoms with Gasteiger partial charge in [-0.05, 0) is 32.0 Å². The summed E-state index contributed by atoms with van der Waals surface area (Å²) in [5.74, 6) is -0.209. The van der Waals surface area contributed by atoms with Gasteiger partial charge in [-0.3, -0.25) is 9.59 Å². The lowest BCUT2D eigenvalue weighted by Crippen LogP contribution is -2.37. The van der Waals surface area contributed by atoms with Gasteiger partial charge in [0.15, 0.2) is 0 Å². The summed E-state index contributed by atoms with van der Waals surface area (Å²) in [6, 6.07) is 7.04. The third kappa shape index (κ3) is 4.37. The van der Waals surface area contributed by atoms with Crippen molar-refractivity contribution in [3.05, 3.63) is 24.3 Å². The van der Waals surface area contributed by atoms with E-state index in [1.807, 2.05) is 0 Å². The third-order valence-corrected chi connectivity index (χ3v) is 2.85. The Bertz CT molecular complexity index is 470. The average Bonchev–Trinajstić information content (AvgIpc) is 2.38. The minimum Gasteiger partial charge on any atom is -0.329 e. The number of nitrogens with two attached hydrogens (primary N) is 1. The van der Waals surface area contributed by atoms with Crippen molar-refractivity contribution in [1.29, 1.82) is 0 Å². The van der Waals surface area contributed by atoms with E-state index < -0.39 is 5.41 Å². The zero-order valence-electron chi connectivity index (χ0n) is 11.6. The monoisotopic (exact) mass is 263 g/mol. The molecule has 1 aromatic rings. The summed E-state index contributed by atoms with van der Waals surface area (Å²) in [6.45, 7) is 5.62. The number of hydrogen-bond acceptors (Lipinski definition) is 3. The molecule has 2 amide bonds. The minimum absolute atomic E-state index is 0.0641. The summed E-state index contributed by atoms with van der Waals surface area (Å²) in [5.41, 5.74) is 6.24. The Morgan fingerprint density at radius 2 is 1.79 bits per heavy atom. The highest BCUT2D eigenvalue weighted by Gasteiger charge is 2.25. The van der Waals surface area contributed by atoms with Crippen molar-refractivity contribution < 1.29 is 9.59 Å². The van der Waals surface area contributed by atoms with Gasteiger partial charge < -0.3 is 16.4 Å².